The average molecular weight is 401 g/mol. The summed E-state index contributed by atoms with van der Waals surface area (Å²) in [5, 5.41) is 7.20. The van der Waals surface area contributed by atoms with Gasteiger partial charge in [-0.05, 0) is 56.4 Å². The van der Waals surface area contributed by atoms with Crippen LogP contribution in [0.4, 0.5) is 5.69 Å². The molecule has 0 radical (unpaired) electrons. The van der Waals surface area contributed by atoms with E-state index in [1.807, 2.05) is 36.4 Å². The Morgan fingerprint density at radius 1 is 1.07 bits per heavy atom. The van der Waals surface area contributed by atoms with Crippen molar-refractivity contribution in [2.24, 2.45) is 0 Å². The fourth-order valence-electron chi connectivity index (χ4n) is 3.53. The molecule has 1 atom stereocenters. The first-order valence-corrected chi connectivity index (χ1v) is 9.68. The maximum absolute atomic E-state index is 6.12. The zero-order valence-electron chi connectivity index (χ0n) is 16.2. The van der Waals surface area contributed by atoms with Gasteiger partial charge < -0.3 is 29.6 Å². The standard InChI is InChI=1S/C21H24N2O4S/c1-21(2)12-16(15-11-14(24-3)5-7-17(15)27-21)23-20(28)22-13-4-6-18-19(10-13)26-9-8-25-18/h4-7,10-11,16H,8-9,12H2,1-3H3,(H2,22,23,28). The van der Waals surface area contributed by atoms with E-state index < -0.39 is 0 Å². The molecule has 0 saturated heterocycles. The van der Waals surface area contributed by atoms with Gasteiger partial charge in [0.2, 0.25) is 0 Å². The number of thiocarbonyl (C=S) groups is 1. The Bertz CT molecular complexity index is 900. The van der Waals surface area contributed by atoms with Crippen LogP contribution in [0.25, 0.3) is 0 Å². The largest absolute Gasteiger partial charge is 0.497 e. The number of rotatable bonds is 3. The summed E-state index contributed by atoms with van der Waals surface area (Å²) in [6.07, 6.45) is 0.774. The van der Waals surface area contributed by atoms with Crippen LogP contribution in [0.15, 0.2) is 36.4 Å². The molecular weight excluding hydrogens is 376 g/mol. The lowest BCUT2D eigenvalue weighted by atomic mass is 9.89. The molecule has 2 aliphatic heterocycles. The molecule has 0 aliphatic carbocycles. The molecule has 0 spiro atoms. The summed E-state index contributed by atoms with van der Waals surface area (Å²) >= 11 is 5.57. The molecule has 0 aromatic heterocycles. The van der Waals surface area contributed by atoms with Crippen molar-refractivity contribution in [1.29, 1.82) is 0 Å². The Labute approximate surface area is 170 Å². The number of methoxy groups -OCH3 is 1. The van der Waals surface area contributed by atoms with Crippen molar-refractivity contribution < 1.29 is 18.9 Å². The Hall–Kier alpha value is -2.67. The zero-order chi connectivity index (χ0) is 19.7. The molecule has 7 heteroatoms. The van der Waals surface area contributed by atoms with E-state index in [2.05, 4.69) is 24.5 Å². The zero-order valence-corrected chi connectivity index (χ0v) is 17.0. The van der Waals surface area contributed by atoms with Gasteiger partial charge in [0, 0.05) is 23.7 Å². The molecule has 0 fully saturated rings. The number of nitrogens with one attached hydrogen (secondary N) is 2. The minimum Gasteiger partial charge on any atom is -0.497 e. The molecule has 28 heavy (non-hydrogen) atoms. The first kappa shape index (κ1) is 18.7. The summed E-state index contributed by atoms with van der Waals surface area (Å²) in [4.78, 5) is 0. The van der Waals surface area contributed by atoms with Gasteiger partial charge in [0.1, 0.15) is 30.3 Å². The van der Waals surface area contributed by atoms with Gasteiger partial charge in [-0.1, -0.05) is 0 Å². The number of hydrogen-bond donors (Lipinski definition) is 2. The fraction of sp³-hybridized carbons (Fsp3) is 0.381. The Balaban J connectivity index is 1.51. The first-order chi connectivity index (χ1) is 13.4. The molecule has 0 bridgehead atoms. The van der Waals surface area contributed by atoms with Crippen molar-refractivity contribution in [2.45, 2.75) is 31.9 Å². The van der Waals surface area contributed by atoms with Gasteiger partial charge in [-0.2, -0.15) is 0 Å². The minimum atomic E-state index is -0.300. The molecule has 6 nitrogen and oxygen atoms in total. The molecular formula is C21H24N2O4S. The first-order valence-electron chi connectivity index (χ1n) is 9.28. The van der Waals surface area contributed by atoms with Gasteiger partial charge >= 0.3 is 0 Å². The third kappa shape index (κ3) is 3.94. The van der Waals surface area contributed by atoms with Crippen LogP contribution in [0.3, 0.4) is 0 Å². The molecule has 2 aromatic carbocycles. The Morgan fingerprint density at radius 2 is 1.82 bits per heavy atom. The number of fused-ring (bicyclic) bond motifs is 2. The second-order valence-electron chi connectivity index (χ2n) is 7.48. The molecule has 2 aromatic rings. The van der Waals surface area contributed by atoms with E-state index >= 15 is 0 Å². The van der Waals surface area contributed by atoms with Gasteiger partial charge in [0.05, 0.1) is 13.2 Å². The van der Waals surface area contributed by atoms with Crippen molar-refractivity contribution in [3.05, 3.63) is 42.0 Å². The highest BCUT2D eigenvalue weighted by molar-refractivity contribution is 7.80. The summed E-state index contributed by atoms with van der Waals surface area (Å²) in [5.41, 5.74) is 1.58. The van der Waals surface area contributed by atoms with Crippen molar-refractivity contribution >= 4 is 23.0 Å². The number of ether oxygens (including phenoxy) is 4. The van der Waals surface area contributed by atoms with Crippen molar-refractivity contribution in [3.63, 3.8) is 0 Å². The van der Waals surface area contributed by atoms with Gasteiger partial charge in [-0.3, -0.25) is 0 Å². The molecule has 0 amide bonds. The quantitative estimate of drug-likeness (QED) is 0.754. The molecule has 2 aliphatic rings. The molecule has 2 N–H and O–H groups in total. The van der Waals surface area contributed by atoms with Crippen molar-refractivity contribution in [3.8, 4) is 23.0 Å². The van der Waals surface area contributed by atoms with Crippen LogP contribution in [-0.4, -0.2) is 31.0 Å². The molecule has 1 unspecified atom stereocenters. The van der Waals surface area contributed by atoms with Crippen LogP contribution in [0.2, 0.25) is 0 Å². The summed E-state index contributed by atoms with van der Waals surface area (Å²) in [7, 11) is 1.66. The Kier molecular flexibility index (Phi) is 4.93. The van der Waals surface area contributed by atoms with E-state index in [4.69, 9.17) is 31.2 Å². The molecule has 4 rings (SSSR count). The van der Waals surface area contributed by atoms with Crippen molar-refractivity contribution in [1.82, 2.24) is 5.32 Å². The normalized spacial score (nSPS) is 19.0. The highest BCUT2D eigenvalue weighted by Crippen LogP contribution is 2.41. The van der Waals surface area contributed by atoms with Crippen LogP contribution < -0.4 is 29.6 Å². The summed E-state index contributed by atoms with van der Waals surface area (Å²) in [6, 6.07) is 11.6. The number of benzene rings is 2. The van der Waals surface area contributed by atoms with E-state index in [9.17, 15) is 0 Å². The second kappa shape index (κ2) is 7.39. The third-order valence-corrected chi connectivity index (χ3v) is 5.00. The van der Waals surface area contributed by atoms with E-state index in [1.165, 1.54) is 0 Å². The predicted octanol–water partition coefficient (Wildman–Crippen LogP) is 4.06. The van der Waals surface area contributed by atoms with E-state index in [1.54, 1.807) is 7.11 Å². The number of anilines is 1. The lowest BCUT2D eigenvalue weighted by molar-refractivity contribution is 0.0695. The van der Waals surface area contributed by atoms with Crippen molar-refractivity contribution in [2.75, 3.05) is 25.6 Å². The third-order valence-electron chi connectivity index (χ3n) is 4.78. The summed E-state index contributed by atoms with van der Waals surface area (Å²) < 4.78 is 22.7. The van der Waals surface area contributed by atoms with Gasteiger partial charge in [-0.25, -0.2) is 0 Å². The van der Waals surface area contributed by atoms with E-state index in [-0.39, 0.29) is 11.6 Å². The second-order valence-corrected chi connectivity index (χ2v) is 7.89. The van der Waals surface area contributed by atoms with Gasteiger partial charge in [-0.15, -0.1) is 0 Å². The highest BCUT2D eigenvalue weighted by atomic mass is 32.1. The summed E-state index contributed by atoms with van der Waals surface area (Å²) in [6.45, 7) is 5.27. The van der Waals surface area contributed by atoms with E-state index in [0.717, 1.165) is 40.7 Å². The lowest BCUT2D eigenvalue weighted by Gasteiger charge is -2.38. The smallest absolute Gasteiger partial charge is 0.171 e. The maximum Gasteiger partial charge on any atom is 0.171 e. The molecule has 0 saturated carbocycles. The Morgan fingerprint density at radius 3 is 2.61 bits per heavy atom. The average Bonchev–Trinajstić information content (AvgIpc) is 2.66. The minimum absolute atomic E-state index is 0.00561. The van der Waals surface area contributed by atoms with Crippen LogP contribution in [0.5, 0.6) is 23.0 Å². The fourth-order valence-corrected chi connectivity index (χ4v) is 3.80. The SMILES string of the molecule is COc1ccc2c(c1)C(NC(=S)Nc1ccc3c(c1)OCCO3)CC(C)(C)O2. The van der Waals surface area contributed by atoms with Crippen LogP contribution in [0.1, 0.15) is 31.9 Å². The molecule has 2 heterocycles. The van der Waals surface area contributed by atoms with Gasteiger partial charge in [0.25, 0.3) is 0 Å². The van der Waals surface area contributed by atoms with Crippen LogP contribution >= 0.6 is 12.2 Å². The lowest BCUT2D eigenvalue weighted by Crippen LogP contribution is -2.42. The monoisotopic (exact) mass is 400 g/mol. The van der Waals surface area contributed by atoms with E-state index in [0.29, 0.717) is 18.3 Å². The van der Waals surface area contributed by atoms with Crippen LogP contribution in [-0.2, 0) is 0 Å². The molecule has 148 valence electrons. The van der Waals surface area contributed by atoms with Gasteiger partial charge in [0.15, 0.2) is 16.6 Å². The number of hydrogen-bond acceptors (Lipinski definition) is 5. The topological polar surface area (TPSA) is 61.0 Å². The summed E-state index contributed by atoms with van der Waals surface area (Å²) in [5.74, 6) is 3.11. The highest BCUT2D eigenvalue weighted by Gasteiger charge is 2.34. The van der Waals surface area contributed by atoms with Crippen LogP contribution in [0, 0.1) is 0 Å². The predicted molar refractivity (Wildman–Crippen MR) is 112 cm³/mol. The maximum atomic E-state index is 6.12.